The second-order valence-electron chi connectivity index (χ2n) is 4.89. The monoisotopic (exact) mass is 336 g/mol. The average Bonchev–Trinajstić information content (AvgIpc) is 2.41. The van der Waals surface area contributed by atoms with Crippen molar-refractivity contribution in [2.24, 2.45) is 0 Å². The van der Waals surface area contributed by atoms with Crippen molar-refractivity contribution in [3.8, 4) is 0 Å². The quantitative estimate of drug-likeness (QED) is 0.912. The van der Waals surface area contributed by atoms with Gasteiger partial charge in [-0.2, -0.15) is 4.98 Å². The van der Waals surface area contributed by atoms with E-state index in [1.165, 1.54) is 0 Å². The second-order valence-corrected chi connectivity index (χ2v) is 5.68. The fourth-order valence-corrected chi connectivity index (χ4v) is 2.37. The highest BCUT2D eigenvalue weighted by molar-refractivity contribution is 9.10. The van der Waals surface area contributed by atoms with E-state index in [1.54, 1.807) is 17.7 Å². The van der Waals surface area contributed by atoms with Crippen LogP contribution in [-0.4, -0.2) is 14.5 Å². The van der Waals surface area contributed by atoms with Gasteiger partial charge in [0.05, 0.1) is 22.4 Å². The first-order chi connectivity index (χ1) is 9.32. The number of hydrogen-bond acceptors (Lipinski definition) is 4. The van der Waals surface area contributed by atoms with E-state index >= 15 is 0 Å². The van der Waals surface area contributed by atoms with Gasteiger partial charge in [0.2, 0.25) is 0 Å². The number of nitrogen functional groups attached to an aromatic ring is 1. The van der Waals surface area contributed by atoms with Crippen molar-refractivity contribution in [1.82, 2.24) is 14.5 Å². The van der Waals surface area contributed by atoms with Crippen LogP contribution in [0.15, 0.2) is 15.5 Å². The van der Waals surface area contributed by atoms with Gasteiger partial charge in [0, 0.05) is 17.6 Å². The fourth-order valence-electron chi connectivity index (χ4n) is 2.06. The van der Waals surface area contributed by atoms with Crippen LogP contribution in [0.1, 0.15) is 28.2 Å². The van der Waals surface area contributed by atoms with Crippen LogP contribution in [0.2, 0.25) is 0 Å². The van der Waals surface area contributed by atoms with Gasteiger partial charge in [0.25, 0.3) is 0 Å². The number of rotatable bonds is 2. The molecule has 2 heterocycles. The second kappa shape index (κ2) is 5.36. The maximum Gasteiger partial charge on any atom is 0.348 e. The van der Waals surface area contributed by atoms with E-state index in [4.69, 9.17) is 5.73 Å². The molecule has 0 aromatic carbocycles. The third kappa shape index (κ3) is 2.47. The lowest BCUT2D eigenvalue weighted by molar-refractivity contribution is 0.672. The van der Waals surface area contributed by atoms with Crippen molar-refractivity contribution in [3.63, 3.8) is 0 Å². The average molecular weight is 337 g/mol. The zero-order valence-electron chi connectivity index (χ0n) is 12.0. The van der Waals surface area contributed by atoms with Gasteiger partial charge in [0.15, 0.2) is 0 Å². The summed E-state index contributed by atoms with van der Waals surface area (Å²) in [6.07, 6.45) is 1.73. The Bertz CT molecular complexity index is 737. The molecule has 0 aliphatic rings. The summed E-state index contributed by atoms with van der Waals surface area (Å²) < 4.78 is 2.44. The van der Waals surface area contributed by atoms with Crippen LogP contribution in [0, 0.1) is 27.7 Å². The molecule has 0 saturated heterocycles. The van der Waals surface area contributed by atoms with Crippen molar-refractivity contribution in [1.29, 1.82) is 0 Å². The van der Waals surface area contributed by atoms with Crippen LogP contribution in [0.5, 0.6) is 0 Å². The molecule has 2 aromatic heterocycles. The van der Waals surface area contributed by atoms with Crippen LogP contribution in [0.25, 0.3) is 0 Å². The molecule has 0 spiro atoms. The van der Waals surface area contributed by atoms with Crippen LogP contribution < -0.4 is 11.4 Å². The standard InChI is InChI=1S/C14H17BrN4O/c1-7-5-17-11(8(2)13(7)16)6-19-10(4)12(15)9(3)18-14(19)20/h5H,6H2,1-4H3,(H2,16,17). The fraction of sp³-hybridized carbons (Fsp3) is 0.357. The summed E-state index contributed by atoms with van der Waals surface area (Å²) in [5.41, 5.74) is 10.6. The number of nitrogens with zero attached hydrogens (tertiary/aromatic N) is 3. The Kier molecular flexibility index (Phi) is 3.94. The van der Waals surface area contributed by atoms with Gasteiger partial charge in [-0.1, -0.05) is 0 Å². The smallest absolute Gasteiger partial charge is 0.348 e. The molecule has 2 N–H and O–H groups in total. The van der Waals surface area contributed by atoms with E-state index in [0.29, 0.717) is 12.2 Å². The molecule has 0 saturated carbocycles. The Morgan fingerprint density at radius 2 is 1.95 bits per heavy atom. The zero-order valence-corrected chi connectivity index (χ0v) is 13.6. The maximum atomic E-state index is 12.1. The van der Waals surface area contributed by atoms with E-state index < -0.39 is 0 Å². The molecule has 0 bridgehead atoms. The van der Waals surface area contributed by atoms with Crippen molar-refractivity contribution in [3.05, 3.63) is 49.4 Å². The van der Waals surface area contributed by atoms with Crippen LogP contribution in [-0.2, 0) is 6.54 Å². The molecule has 0 aliphatic heterocycles. The molecule has 6 heteroatoms. The number of aromatic nitrogens is 3. The first kappa shape index (κ1) is 14.7. The zero-order chi connectivity index (χ0) is 15.0. The SMILES string of the molecule is Cc1cnc(Cn2c(C)c(Br)c(C)nc2=O)c(C)c1N. The summed E-state index contributed by atoms with van der Waals surface area (Å²) in [6, 6.07) is 0. The summed E-state index contributed by atoms with van der Waals surface area (Å²) in [4.78, 5) is 20.4. The number of hydrogen-bond donors (Lipinski definition) is 1. The lowest BCUT2D eigenvalue weighted by Crippen LogP contribution is -2.27. The van der Waals surface area contributed by atoms with Crippen molar-refractivity contribution in [2.75, 3.05) is 5.73 Å². The summed E-state index contributed by atoms with van der Waals surface area (Å²) in [5, 5.41) is 0. The Labute approximate surface area is 126 Å². The molecule has 0 unspecified atom stereocenters. The number of pyridine rings is 1. The predicted molar refractivity (Wildman–Crippen MR) is 82.9 cm³/mol. The molecule has 20 heavy (non-hydrogen) atoms. The highest BCUT2D eigenvalue weighted by Gasteiger charge is 2.12. The Morgan fingerprint density at radius 1 is 1.30 bits per heavy atom. The topological polar surface area (TPSA) is 73.8 Å². The summed E-state index contributed by atoms with van der Waals surface area (Å²) in [7, 11) is 0. The predicted octanol–water partition coefficient (Wildman–Crippen LogP) is 2.26. The van der Waals surface area contributed by atoms with Crippen LogP contribution in [0.4, 0.5) is 5.69 Å². The van der Waals surface area contributed by atoms with Crippen LogP contribution >= 0.6 is 15.9 Å². The van der Waals surface area contributed by atoms with Crippen LogP contribution in [0.3, 0.4) is 0 Å². The molecule has 0 amide bonds. The number of nitrogens with two attached hydrogens (primary N) is 1. The van der Waals surface area contributed by atoms with Gasteiger partial charge in [-0.15, -0.1) is 0 Å². The van der Waals surface area contributed by atoms with Crippen molar-refractivity contribution in [2.45, 2.75) is 34.2 Å². The molecule has 0 atom stereocenters. The highest BCUT2D eigenvalue weighted by Crippen LogP contribution is 2.21. The van der Waals surface area contributed by atoms with E-state index in [2.05, 4.69) is 25.9 Å². The molecule has 0 radical (unpaired) electrons. The molecule has 0 fully saturated rings. The molecule has 2 aromatic rings. The van der Waals surface area contributed by atoms with Crippen molar-refractivity contribution >= 4 is 21.6 Å². The summed E-state index contributed by atoms with van der Waals surface area (Å²) in [6.45, 7) is 7.89. The lowest BCUT2D eigenvalue weighted by Gasteiger charge is -2.14. The molecule has 0 aliphatic carbocycles. The summed E-state index contributed by atoms with van der Waals surface area (Å²) in [5.74, 6) is 0. The highest BCUT2D eigenvalue weighted by atomic mass is 79.9. The molecule has 106 valence electrons. The van der Waals surface area contributed by atoms with E-state index in [-0.39, 0.29) is 5.69 Å². The Hall–Kier alpha value is -1.69. The lowest BCUT2D eigenvalue weighted by atomic mass is 10.1. The third-order valence-corrected chi connectivity index (χ3v) is 4.67. The third-order valence-electron chi connectivity index (χ3n) is 3.52. The van der Waals surface area contributed by atoms with Gasteiger partial charge < -0.3 is 5.73 Å². The molecule has 2 rings (SSSR count). The van der Waals surface area contributed by atoms with E-state index in [1.807, 2.05) is 20.8 Å². The maximum absolute atomic E-state index is 12.1. The number of aryl methyl sites for hydroxylation is 2. The van der Waals surface area contributed by atoms with Gasteiger partial charge in [-0.25, -0.2) is 4.79 Å². The first-order valence-corrected chi connectivity index (χ1v) is 7.06. The molecular formula is C14H17BrN4O. The summed E-state index contributed by atoms with van der Waals surface area (Å²) >= 11 is 3.45. The number of halogens is 1. The van der Waals surface area contributed by atoms with Gasteiger partial charge in [-0.05, 0) is 54.8 Å². The normalized spacial score (nSPS) is 10.8. The first-order valence-electron chi connectivity index (χ1n) is 6.27. The number of anilines is 1. The van der Waals surface area contributed by atoms with E-state index in [0.717, 1.165) is 32.7 Å². The Balaban J connectivity index is 2.54. The van der Waals surface area contributed by atoms with Gasteiger partial charge >= 0.3 is 5.69 Å². The van der Waals surface area contributed by atoms with Crippen molar-refractivity contribution < 1.29 is 0 Å². The minimum absolute atomic E-state index is 0.274. The van der Waals surface area contributed by atoms with E-state index in [9.17, 15) is 4.79 Å². The minimum Gasteiger partial charge on any atom is -0.398 e. The molecule has 5 nitrogen and oxygen atoms in total. The molecular weight excluding hydrogens is 320 g/mol. The van der Waals surface area contributed by atoms with Gasteiger partial charge in [0.1, 0.15) is 0 Å². The largest absolute Gasteiger partial charge is 0.398 e. The Morgan fingerprint density at radius 3 is 2.60 bits per heavy atom. The van der Waals surface area contributed by atoms with Gasteiger partial charge in [-0.3, -0.25) is 9.55 Å². The minimum atomic E-state index is -0.274.